The minimum atomic E-state index is -4.43. The molecule has 7 nitrogen and oxygen atoms in total. The van der Waals surface area contributed by atoms with Crippen molar-refractivity contribution in [3.8, 4) is 0 Å². The zero-order valence-electron chi connectivity index (χ0n) is 12.2. The lowest BCUT2D eigenvalue weighted by molar-refractivity contribution is -0.140. The Labute approximate surface area is 127 Å². The van der Waals surface area contributed by atoms with Crippen LogP contribution in [0.3, 0.4) is 0 Å². The van der Waals surface area contributed by atoms with Gasteiger partial charge >= 0.3 is 11.9 Å². The first-order chi connectivity index (χ1) is 10.1. The van der Waals surface area contributed by atoms with Crippen molar-refractivity contribution in [3.63, 3.8) is 0 Å². The number of halogens is 1. The average molecular weight is 333 g/mol. The van der Waals surface area contributed by atoms with Crippen LogP contribution in [0.15, 0.2) is 23.1 Å². The van der Waals surface area contributed by atoms with Crippen LogP contribution in [-0.4, -0.2) is 38.6 Å². The highest BCUT2D eigenvalue weighted by atomic mass is 32.2. The van der Waals surface area contributed by atoms with Gasteiger partial charge in [-0.3, -0.25) is 4.79 Å². The predicted molar refractivity (Wildman–Crippen MR) is 74.3 cm³/mol. The SMILES string of the molecule is COC(=O)c1ccc(F)cc1S(=O)(=O)N[C@@H](C(=O)O)C(C)C. The van der Waals surface area contributed by atoms with Crippen LogP contribution in [0.1, 0.15) is 24.2 Å². The summed E-state index contributed by atoms with van der Waals surface area (Å²) in [6.45, 7) is 3.02. The number of esters is 1. The van der Waals surface area contributed by atoms with E-state index in [2.05, 4.69) is 4.74 Å². The molecule has 2 N–H and O–H groups in total. The number of aliphatic carboxylic acids is 1. The summed E-state index contributed by atoms with van der Waals surface area (Å²) in [5.41, 5.74) is -0.385. The maximum Gasteiger partial charge on any atom is 0.339 e. The summed E-state index contributed by atoms with van der Waals surface area (Å²) < 4.78 is 44.3. The van der Waals surface area contributed by atoms with Gasteiger partial charge in [-0.1, -0.05) is 13.8 Å². The molecule has 122 valence electrons. The first-order valence-corrected chi connectivity index (χ1v) is 7.71. The maximum atomic E-state index is 13.3. The molecule has 0 saturated carbocycles. The Morgan fingerprint density at radius 3 is 2.36 bits per heavy atom. The van der Waals surface area contributed by atoms with Crippen molar-refractivity contribution < 1.29 is 32.2 Å². The number of carboxylic acids is 1. The second kappa shape index (κ2) is 6.84. The van der Waals surface area contributed by atoms with E-state index in [4.69, 9.17) is 5.11 Å². The molecule has 0 unspecified atom stereocenters. The van der Waals surface area contributed by atoms with Crippen molar-refractivity contribution in [3.05, 3.63) is 29.6 Å². The highest BCUT2D eigenvalue weighted by molar-refractivity contribution is 7.89. The molecule has 1 aromatic carbocycles. The summed E-state index contributed by atoms with van der Waals surface area (Å²) >= 11 is 0. The minimum Gasteiger partial charge on any atom is -0.480 e. The highest BCUT2D eigenvalue weighted by Gasteiger charge is 2.31. The molecular formula is C13H16FNO6S. The first kappa shape index (κ1) is 18.1. The molecule has 0 amide bonds. The van der Waals surface area contributed by atoms with Crippen LogP contribution < -0.4 is 4.72 Å². The Kier molecular flexibility index (Phi) is 5.61. The lowest BCUT2D eigenvalue weighted by atomic mass is 10.1. The summed E-state index contributed by atoms with van der Waals surface area (Å²) in [5, 5.41) is 9.04. The second-order valence-electron chi connectivity index (χ2n) is 4.81. The fourth-order valence-electron chi connectivity index (χ4n) is 1.70. The molecule has 1 aromatic rings. The highest BCUT2D eigenvalue weighted by Crippen LogP contribution is 2.19. The van der Waals surface area contributed by atoms with Crippen LogP contribution in [-0.2, 0) is 19.6 Å². The van der Waals surface area contributed by atoms with E-state index in [0.717, 1.165) is 19.2 Å². The summed E-state index contributed by atoms with van der Waals surface area (Å²) in [5.74, 6) is -3.79. The Balaban J connectivity index is 3.36. The number of carboxylic acid groups (broad SMARTS) is 1. The number of methoxy groups -OCH3 is 1. The maximum absolute atomic E-state index is 13.3. The molecule has 0 aliphatic heterocycles. The molecule has 22 heavy (non-hydrogen) atoms. The molecule has 0 aliphatic carbocycles. The quantitative estimate of drug-likeness (QED) is 0.752. The lowest BCUT2D eigenvalue weighted by Crippen LogP contribution is -2.44. The van der Waals surface area contributed by atoms with Crippen molar-refractivity contribution in [2.75, 3.05) is 7.11 Å². The van der Waals surface area contributed by atoms with Gasteiger partial charge in [-0.05, 0) is 24.1 Å². The molecular weight excluding hydrogens is 317 g/mol. The lowest BCUT2D eigenvalue weighted by Gasteiger charge is -2.19. The molecule has 0 fully saturated rings. The van der Waals surface area contributed by atoms with Crippen LogP contribution in [0, 0.1) is 11.7 Å². The number of sulfonamides is 1. The van der Waals surface area contributed by atoms with Gasteiger partial charge in [0.25, 0.3) is 0 Å². The second-order valence-corrected chi connectivity index (χ2v) is 6.50. The monoisotopic (exact) mass is 333 g/mol. The van der Waals surface area contributed by atoms with Gasteiger partial charge in [-0.25, -0.2) is 17.6 Å². The topological polar surface area (TPSA) is 110 Å². The van der Waals surface area contributed by atoms with Gasteiger partial charge in [-0.15, -0.1) is 0 Å². The van der Waals surface area contributed by atoms with Crippen LogP contribution in [0.2, 0.25) is 0 Å². The number of carbonyl (C=O) groups is 2. The van der Waals surface area contributed by atoms with Gasteiger partial charge in [0.1, 0.15) is 11.9 Å². The van der Waals surface area contributed by atoms with E-state index >= 15 is 0 Å². The average Bonchev–Trinajstić information content (AvgIpc) is 2.43. The molecule has 1 rings (SSSR count). The Morgan fingerprint density at radius 2 is 1.91 bits per heavy atom. The van der Waals surface area contributed by atoms with E-state index < -0.39 is 44.6 Å². The molecule has 0 aromatic heterocycles. The summed E-state index contributed by atoms with van der Waals surface area (Å²) in [6, 6.07) is 1.08. The van der Waals surface area contributed by atoms with E-state index in [9.17, 15) is 22.4 Å². The number of benzene rings is 1. The molecule has 0 aliphatic rings. The Morgan fingerprint density at radius 1 is 1.32 bits per heavy atom. The zero-order valence-corrected chi connectivity index (χ0v) is 13.0. The van der Waals surface area contributed by atoms with E-state index in [-0.39, 0.29) is 5.56 Å². The minimum absolute atomic E-state index is 0.385. The summed E-state index contributed by atoms with van der Waals surface area (Å²) in [7, 11) is -3.38. The van der Waals surface area contributed by atoms with Crippen molar-refractivity contribution in [2.45, 2.75) is 24.8 Å². The number of hydrogen-bond acceptors (Lipinski definition) is 5. The first-order valence-electron chi connectivity index (χ1n) is 6.23. The Hall–Kier alpha value is -2.00. The van der Waals surface area contributed by atoms with E-state index in [0.29, 0.717) is 6.07 Å². The molecule has 0 spiro atoms. The normalized spacial score (nSPS) is 13.0. The number of ether oxygens (including phenoxy) is 1. The smallest absolute Gasteiger partial charge is 0.339 e. The van der Waals surface area contributed by atoms with Gasteiger partial charge < -0.3 is 9.84 Å². The molecule has 0 heterocycles. The van der Waals surface area contributed by atoms with Gasteiger partial charge in [0.2, 0.25) is 10.0 Å². The van der Waals surface area contributed by atoms with Gasteiger partial charge in [-0.2, -0.15) is 4.72 Å². The molecule has 0 radical (unpaired) electrons. The third kappa shape index (κ3) is 4.01. The third-order valence-electron chi connectivity index (χ3n) is 2.85. The van der Waals surface area contributed by atoms with Crippen LogP contribution in [0.25, 0.3) is 0 Å². The number of nitrogens with one attached hydrogen (secondary N) is 1. The summed E-state index contributed by atoms with van der Waals surface area (Å²) in [4.78, 5) is 22.0. The number of rotatable bonds is 6. The Bertz CT molecular complexity index is 686. The fourth-order valence-corrected chi connectivity index (χ4v) is 3.24. The van der Waals surface area contributed by atoms with Gasteiger partial charge in [0.15, 0.2) is 0 Å². The molecule has 1 atom stereocenters. The third-order valence-corrected chi connectivity index (χ3v) is 4.33. The van der Waals surface area contributed by atoms with Crippen molar-refractivity contribution in [1.82, 2.24) is 4.72 Å². The van der Waals surface area contributed by atoms with E-state index in [1.807, 2.05) is 4.72 Å². The summed E-state index contributed by atoms with van der Waals surface area (Å²) in [6.07, 6.45) is 0. The van der Waals surface area contributed by atoms with Crippen LogP contribution >= 0.6 is 0 Å². The fraction of sp³-hybridized carbons (Fsp3) is 0.385. The zero-order chi connectivity index (χ0) is 17.1. The van der Waals surface area contributed by atoms with E-state index in [1.54, 1.807) is 0 Å². The molecule has 0 bridgehead atoms. The number of carbonyl (C=O) groups excluding carboxylic acids is 1. The van der Waals surface area contributed by atoms with E-state index in [1.165, 1.54) is 13.8 Å². The largest absolute Gasteiger partial charge is 0.480 e. The standard InChI is InChI=1S/C13H16FNO6S/c1-7(2)11(12(16)17)15-22(19,20)10-6-8(14)4-5-9(10)13(18)21-3/h4-7,11,15H,1-3H3,(H,16,17)/t11-/m1/s1. The van der Waals surface area contributed by atoms with Gasteiger partial charge in [0, 0.05) is 0 Å². The predicted octanol–water partition coefficient (Wildman–Crippen LogP) is 1.000. The van der Waals surface area contributed by atoms with Crippen molar-refractivity contribution in [2.24, 2.45) is 5.92 Å². The van der Waals surface area contributed by atoms with Crippen molar-refractivity contribution in [1.29, 1.82) is 0 Å². The number of hydrogen-bond donors (Lipinski definition) is 2. The molecule has 0 saturated heterocycles. The van der Waals surface area contributed by atoms with Gasteiger partial charge in [0.05, 0.1) is 17.6 Å². The van der Waals surface area contributed by atoms with Crippen molar-refractivity contribution >= 4 is 22.0 Å². The molecule has 9 heteroatoms. The van der Waals surface area contributed by atoms with Crippen LogP contribution in [0.4, 0.5) is 4.39 Å². The van der Waals surface area contributed by atoms with Crippen LogP contribution in [0.5, 0.6) is 0 Å².